The second kappa shape index (κ2) is 22.9. The monoisotopic (exact) mass is 1270 g/mol. The standard InChI is InChI=1S/C89H66N10/c1-87(2,3)63-45-39-55(40-46-63)79-92-81(59-27-21-29-65(51-59)98-77-37-19-17-35-75(77)90-85(98)57-23-9-7-10-24-57)96-83(94-79)61-43-49-69-70-50-44-62(54-74(70)89(73(69)53-61)71-33-15-13-31-67(71)68-32-14-16-34-72(68)89)84-95-80(56-41-47-64(48-42-56)88(4,5)6)93-82(97-84)60-28-22-30-66(52-60)99-78-38-20-18-36-76(78)91-86(99)58-25-11-8-12-26-58/h7-54H,1-6H3. The lowest BCUT2D eigenvalue weighted by atomic mass is 9.70. The van der Waals surface area contributed by atoms with Crippen LogP contribution >= 0.6 is 0 Å². The Kier molecular flexibility index (Phi) is 13.7. The quantitative estimate of drug-likeness (QED) is 0.133. The molecule has 0 atom stereocenters. The maximum absolute atomic E-state index is 5.51. The van der Waals surface area contributed by atoms with Crippen molar-refractivity contribution in [2.24, 2.45) is 0 Å². The largest absolute Gasteiger partial charge is 0.292 e. The van der Waals surface area contributed by atoms with Gasteiger partial charge >= 0.3 is 0 Å². The fourth-order valence-electron chi connectivity index (χ4n) is 14.9. The van der Waals surface area contributed by atoms with Crippen molar-refractivity contribution in [3.05, 3.63) is 325 Å². The molecule has 18 rings (SSSR count). The molecule has 0 unspecified atom stereocenters. The fraction of sp³-hybridized carbons (Fsp3) is 0.101. The molecular formula is C89H66N10. The smallest absolute Gasteiger partial charge is 0.164 e. The van der Waals surface area contributed by atoms with Gasteiger partial charge in [-0.15, -0.1) is 0 Å². The summed E-state index contributed by atoms with van der Waals surface area (Å²) in [5.41, 5.74) is 23.9. The Morgan fingerprint density at radius 1 is 0.242 bits per heavy atom. The topological polar surface area (TPSA) is 113 Å². The first kappa shape index (κ1) is 59.1. The van der Waals surface area contributed by atoms with Crippen molar-refractivity contribution < 1.29 is 0 Å². The van der Waals surface area contributed by atoms with Crippen molar-refractivity contribution in [1.82, 2.24) is 49.0 Å². The van der Waals surface area contributed by atoms with Gasteiger partial charge in [0.15, 0.2) is 34.9 Å². The van der Waals surface area contributed by atoms with Gasteiger partial charge in [-0.25, -0.2) is 39.9 Å². The van der Waals surface area contributed by atoms with Gasteiger partial charge in [-0.3, -0.25) is 9.13 Å². The highest BCUT2D eigenvalue weighted by molar-refractivity contribution is 5.97. The van der Waals surface area contributed by atoms with Gasteiger partial charge in [0, 0.05) is 55.9 Å². The number of para-hydroxylation sites is 4. The minimum Gasteiger partial charge on any atom is -0.292 e. The molecule has 4 aromatic heterocycles. The van der Waals surface area contributed by atoms with Crippen LogP contribution in [-0.4, -0.2) is 49.0 Å². The third kappa shape index (κ3) is 9.92. The first-order chi connectivity index (χ1) is 48.3. The number of nitrogens with zero attached hydrogens (tertiary/aromatic N) is 10. The molecule has 10 nitrogen and oxygen atoms in total. The van der Waals surface area contributed by atoms with Crippen LogP contribution in [0, 0.1) is 0 Å². The predicted octanol–water partition coefficient (Wildman–Crippen LogP) is 21.0. The molecule has 0 saturated carbocycles. The van der Waals surface area contributed by atoms with Crippen molar-refractivity contribution in [2.45, 2.75) is 57.8 Å². The van der Waals surface area contributed by atoms with Crippen LogP contribution in [-0.2, 0) is 16.2 Å². The van der Waals surface area contributed by atoms with E-state index in [1.807, 2.05) is 24.3 Å². The molecule has 472 valence electrons. The van der Waals surface area contributed by atoms with Gasteiger partial charge in [0.25, 0.3) is 0 Å². The minimum atomic E-state index is -0.774. The molecule has 1 spiro atoms. The fourth-order valence-corrected chi connectivity index (χ4v) is 14.9. The Bertz CT molecular complexity index is 5510. The maximum atomic E-state index is 5.51. The first-order valence-corrected chi connectivity index (χ1v) is 33.8. The Hall–Kier alpha value is -12.4. The number of fused-ring (bicyclic) bond motifs is 12. The molecule has 99 heavy (non-hydrogen) atoms. The SMILES string of the molecule is CC(C)(C)c1ccc(-c2nc(-c3cccc(-n4c(-c5ccccc5)nc5ccccc54)c3)nc(-c3ccc4c(c3)C3(c5ccccc5-c5ccccc53)c3cc(-c5nc(-c6ccc(C(C)(C)C)cc6)nc(-c6cccc(-n7c(-c8ccccc8)nc8ccccc87)c6)n5)ccc3-4)n2)cc1. The summed E-state index contributed by atoms with van der Waals surface area (Å²) >= 11 is 0. The van der Waals surface area contributed by atoms with E-state index in [4.69, 9.17) is 39.9 Å². The lowest BCUT2D eigenvalue weighted by Crippen LogP contribution is -2.26. The molecule has 4 heterocycles. The van der Waals surface area contributed by atoms with Gasteiger partial charge in [-0.1, -0.05) is 272 Å². The van der Waals surface area contributed by atoms with E-state index >= 15 is 0 Å². The summed E-state index contributed by atoms with van der Waals surface area (Å²) in [6, 6.07) is 103. The molecule has 2 aliphatic carbocycles. The number of benzene rings is 12. The first-order valence-electron chi connectivity index (χ1n) is 33.8. The number of rotatable bonds is 10. The van der Waals surface area contributed by atoms with E-state index in [-0.39, 0.29) is 10.8 Å². The zero-order chi connectivity index (χ0) is 66.7. The van der Waals surface area contributed by atoms with Crippen LogP contribution in [0.1, 0.15) is 74.9 Å². The maximum Gasteiger partial charge on any atom is 0.164 e. The average molecular weight is 1280 g/mol. The van der Waals surface area contributed by atoms with Gasteiger partial charge in [-0.05, 0) is 127 Å². The highest BCUT2D eigenvalue weighted by Crippen LogP contribution is 2.63. The number of hydrogen-bond donors (Lipinski definition) is 0. The molecule has 0 N–H and O–H groups in total. The molecule has 16 aromatic rings. The Balaban J connectivity index is 0.812. The molecule has 0 bridgehead atoms. The number of aromatic nitrogens is 10. The summed E-state index contributed by atoms with van der Waals surface area (Å²) < 4.78 is 4.47. The van der Waals surface area contributed by atoms with Gasteiger partial charge in [0.1, 0.15) is 11.6 Å². The molecule has 2 aliphatic rings. The van der Waals surface area contributed by atoms with Crippen LogP contribution < -0.4 is 0 Å². The van der Waals surface area contributed by atoms with E-state index in [1.54, 1.807) is 0 Å². The van der Waals surface area contributed by atoms with Gasteiger partial charge < -0.3 is 0 Å². The van der Waals surface area contributed by atoms with Crippen LogP contribution in [0.25, 0.3) is 147 Å². The van der Waals surface area contributed by atoms with Crippen LogP contribution in [0.4, 0.5) is 0 Å². The van der Waals surface area contributed by atoms with Crippen LogP contribution in [0.3, 0.4) is 0 Å². The third-order valence-electron chi connectivity index (χ3n) is 19.8. The summed E-state index contributed by atoms with van der Waals surface area (Å²) in [5.74, 6) is 5.11. The lowest BCUT2D eigenvalue weighted by Gasteiger charge is -2.31. The van der Waals surface area contributed by atoms with Crippen LogP contribution in [0.15, 0.2) is 291 Å². The van der Waals surface area contributed by atoms with Crippen molar-refractivity contribution in [3.8, 4) is 125 Å². The number of hydrogen-bond acceptors (Lipinski definition) is 8. The predicted molar refractivity (Wildman–Crippen MR) is 400 cm³/mol. The number of imidazole rings is 2. The van der Waals surface area contributed by atoms with Gasteiger partial charge in [0.05, 0.1) is 27.5 Å². The summed E-state index contributed by atoms with van der Waals surface area (Å²) in [5, 5.41) is 0. The van der Waals surface area contributed by atoms with Crippen molar-refractivity contribution in [3.63, 3.8) is 0 Å². The normalized spacial score (nSPS) is 12.8. The molecule has 0 saturated heterocycles. The summed E-state index contributed by atoms with van der Waals surface area (Å²) in [7, 11) is 0. The molecule has 0 fully saturated rings. The van der Waals surface area contributed by atoms with E-state index < -0.39 is 5.41 Å². The van der Waals surface area contributed by atoms with Crippen LogP contribution in [0.2, 0.25) is 0 Å². The molecule has 0 radical (unpaired) electrons. The van der Waals surface area contributed by atoms with Crippen molar-refractivity contribution in [1.29, 1.82) is 0 Å². The summed E-state index contributed by atoms with van der Waals surface area (Å²) in [4.78, 5) is 43.1. The highest BCUT2D eigenvalue weighted by Gasteiger charge is 2.52. The molecule has 12 aromatic carbocycles. The van der Waals surface area contributed by atoms with E-state index in [1.165, 1.54) is 33.4 Å². The lowest BCUT2D eigenvalue weighted by molar-refractivity contribution is 0.590. The molecule has 0 amide bonds. The summed E-state index contributed by atoms with van der Waals surface area (Å²) in [6.45, 7) is 13.4. The van der Waals surface area contributed by atoms with Crippen LogP contribution in [0.5, 0.6) is 0 Å². The van der Waals surface area contributed by atoms with Gasteiger partial charge in [-0.2, -0.15) is 0 Å². The average Bonchev–Trinajstić information content (AvgIpc) is 1.51. The van der Waals surface area contributed by atoms with E-state index in [9.17, 15) is 0 Å². The summed E-state index contributed by atoms with van der Waals surface area (Å²) in [6.07, 6.45) is 0. The van der Waals surface area contributed by atoms with E-state index in [0.717, 1.165) is 112 Å². The second-order valence-electron chi connectivity index (χ2n) is 28.0. The van der Waals surface area contributed by atoms with Gasteiger partial charge in [0.2, 0.25) is 0 Å². The van der Waals surface area contributed by atoms with E-state index in [2.05, 4.69) is 318 Å². The van der Waals surface area contributed by atoms with Crippen molar-refractivity contribution >= 4 is 22.1 Å². The molecule has 10 heteroatoms. The van der Waals surface area contributed by atoms with Crippen molar-refractivity contribution in [2.75, 3.05) is 0 Å². The second-order valence-corrected chi connectivity index (χ2v) is 28.0. The zero-order valence-corrected chi connectivity index (χ0v) is 55.7. The zero-order valence-electron chi connectivity index (χ0n) is 55.7. The highest BCUT2D eigenvalue weighted by atomic mass is 15.1. The Morgan fingerprint density at radius 3 is 0.949 bits per heavy atom. The Morgan fingerprint density at radius 2 is 0.556 bits per heavy atom. The molecular weight excluding hydrogens is 1210 g/mol. The minimum absolute atomic E-state index is 0.0461. The van der Waals surface area contributed by atoms with E-state index in [0.29, 0.717) is 34.9 Å². The molecule has 0 aliphatic heterocycles. The third-order valence-corrected chi connectivity index (χ3v) is 19.8. The Labute approximate surface area is 574 Å².